The van der Waals surface area contributed by atoms with Crippen LogP contribution in [0.4, 0.5) is 5.82 Å². The Kier molecular flexibility index (Phi) is 3.50. The highest BCUT2D eigenvalue weighted by Gasteiger charge is 2.27. The molecule has 1 aromatic heterocycles. The third-order valence-corrected chi connectivity index (χ3v) is 2.81. The third-order valence-electron chi connectivity index (χ3n) is 2.81. The lowest BCUT2D eigenvalue weighted by Crippen LogP contribution is -2.16. The summed E-state index contributed by atoms with van der Waals surface area (Å²) in [4.78, 5) is 8.68. The number of aromatic nitrogens is 2. The first-order chi connectivity index (χ1) is 8.04. The number of nitrogens with zero attached hydrogens (tertiary/aromatic N) is 2. The van der Waals surface area contributed by atoms with Crippen LogP contribution in [0.5, 0.6) is 5.88 Å². The van der Waals surface area contributed by atoms with E-state index >= 15 is 0 Å². The monoisotopic (exact) mass is 235 g/mol. The Morgan fingerprint density at radius 2 is 2.06 bits per heavy atom. The van der Waals surface area contributed by atoms with E-state index < -0.39 is 0 Å². The Morgan fingerprint density at radius 3 is 2.65 bits per heavy atom. The second-order valence-corrected chi connectivity index (χ2v) is 5.32. The Bertz CT molecular complexity index is 388. The minimum atomic E-state index is 0.163. The van der Waals surface area contributed by atoms with Crippen molar-refractivity contribution >= 4 is 5.82 Å². The normalized spacial score (nSPS) is 17.2. The van der Waals surface area contributed by atoms with Crippen LogP contribution < -0.4 is 10.5 Å². The number of nitrogens with two attached hydrogens (primary N) is 1. The fourth-order valence-corrected chi connectivity index (χ4v) is 1.96. The average molecular weight is 235 g/mol. The SMILES string of the molecule is CC(C)CC(C)Oc1cc(N)nc(C2CC2)n1. The molecule has 1 aliphatic rings. The van der Waals surface area contributed by atoms with Gasteiger partial charge in [-0.3, -0.25) is 0 Å². The van der Waals surface area contributed by atoms with Gasteiger partial charge in [-0.1, -0.05) is 13.8 Å². The number of ether oxygens (including phenoxy) is 1. The van der Waals surface area contributed by atoms with Gasteiger partial charge in [-0.25, -0.2) is 4.98 Å². The Balaban J connectivity index is 2.04. The molecule has 4 heteroatoms. The summed E-state index contributed by atoms with van der Waals surface area (Å²) in [7, 11) is 0. The lowest BCUT2D eigenvalue weighted by Gasteiger charge is -2.16. The van der Waals surface area contributed by atoms with Crippen molar-refractivity contribution in [2.75, 3.05) is 5.73 Å². The fraction of sp³-hybridized carbons (Fsp3) is 0.692. The first-order valence-corrected chi connectivity index (χ1v) is 6.35. The van der Waals surface area contributed by atoms with Crippen molar-refractivity contribution in [1.29, 1.82) is 0 Å². The zero-order chi connectivity index (χ0) is 12.4. The van der Waals surface area contributed by atoms with Gasteiger partial charge in [-0.2, -0.15) is 4.98 Å². The number of nitrogen functional groups attached to an aromatic ring is 1. The zero-order valence-electron chi connectivity index (χ0n) is 10.8. The fourth-order valence-electron chi connectivity index (χ4n) is 1.96. The van der Waals surface area contributed by atoms with Crippen LogP contribution in [-0.2, 0) is 0 Å². The Labute approximate surface area is 103 Å². The predicted molar refractivity (Wildman–Crippen MR) is 68.0 cm³/mol. The van der Waals surface area contributed by atoms with Crippen molar-refractivity contribution in [2.24, 2.45) is 5.92 Å². The van der Waals surface area contributed by atoms with Crippen molar-refractivity contribution in [3.05, 3.63) is 11.9 Å². The molecule has 1 fully saturated rings. The molecule has 1 saturated carbocycles. The highest BCUT2D eigenvalue weighted by molar-refractivity contribution is 5.34. The molecule has 1 aromatic rings. The van der Waals surface area contributed by atoms with E-state index in [-0.39, 0.29) is 6.10 Å². The summed E-state index contributed by atoms with van der Waals surface area (Å²) < 4.78 is 5.79. The topological polar surface area (TPSA) is 61.0 Å². The van der Waals surface area contributed by atoms with E-state index in [1.165, 1.54) is 12.8 Å². The molecule has 1 unspecified atom stereocenters. The molecule has 1 atom stereocenters. The van der Waals surface area contributed by atoms with E-state index in [4.69, 9.17) is 10.5 Å². The summed E-state index contributed by atoms with van der Waals surface area (Å²) in [5.41, 5.74) is 5.77. The smallest absolute Gasteiger partial charge is 0.218 e. The van der Waals surface area contributed by atoms with E-state index in [1.807, 2.05) is 0 Å². The highest BCUT2D eigenvalue weighted by atomic mass is 16.5. The van der Waals surface area contributed by atoms with Crippen LogP contribution in [0, 0.1) is 5.92 Å². The molecule has 4 nitrogen and oxygen atoms in total. The summed E-state index contributed by atoms with van der Waals surface area (Å²) in [6, 6.07) is 1.71. The van der Waals surface area contributed by atoms with Crippen molar-refractivity contribution in [2.45, 2.75) is 52.1 Å². The Hall–Kier alpha value is -1.32. The van der Waals surface area contributed by atoms with Gasteiger partial charge in [0.25, 0.3) is 0 Å². The van der Waals surface area contributed by atoms with Gasteiger partial charge in [0, 0.05) is 12.0 Å². The maximum absolute atomic E-state index is 5.79. The number of hydrogen-bond donors (Lipinski definition) is 1. The maximum atomic E-state index is 5.79. The van der Waals surface area contributed by atoms with Crippen molar-refractivity contribution in [3.8, 4) is 5.88 Å². The number of hydrogen-bond acceptors (Lipinski definition) is 4. The molecule has 0 bridgehead atoms. The van der Waals surface area contributed by atoms with Crippen molar-refractivity contribution < 1.29 is 4.74 Å². The second kappa shape index (κ2) is 4.90. The molecule has 94 valence electrons. The Morgan fingerprint density at radius 1 is 1.35 bits per heavy atom. The van der Waals surface area contributed by atoms with Gasteiger partial charge in [0.2, 0.25) is 5.88 Å². The van der Waals surface area contributed by atoms with Crippen molar-refractivity contribution in [3.63, 3.8) is 0 Å². The number of anilines is 1. The summed E-state index contributed by atoms with van der Waals surface area (Å²) in [6.45, 7) is 6.43. The molecule has 2 rings (SSSR count). The molecule has 0 aromatic carbocycles. The lowest BCUT2D eigenvalue weighted by atomic mass is 10.1. The zero-order valence-corrected chi connectivity index (χ0v) is 10.8. The quantitative estimate of drug-likeness (QED) is 0.852. The third kappa shape index (κ3) is 3.58. The van der Waals surface area contributed by atoms with Gasteiger partial charge in [-0.05, 0) is 32.1 Å². The van der Waals surface area contributed by atoms with Gasteiger partial charge >= 0.3 is 0 Å². The van der Waals surface area contributed by atoms with Crippen molar-refractivity contribution in [1.82, 2.24) is 9.97 Å². The van der Waals surface area contributed by atoms with E-state index in [9.17, 15) is 0 Å². The van der Waals surface area contributed by atoms with E-state index in [1.54, 1.807) is 6.07 Å². The van der Waals surface area contributed by atoms with E-state index in [2.05, 4.69) is 30.7 Å². The summed E-state index contributed by atoms with van der Waals surface area (Å²) >= 11 is 0. The standard InChI is InChI=1S/C13H21N3O/c1-8(2)6-9(3)17-12-7-11(14)15-13(16-12)10-4-5-10/h7-10H,4-6H2,1-3H3,(H2,14,15,16). The van der Waals surface area contributed by atoms with Gasteiger partial charge in [-0.15, -0.1) is 0 Å². The van der Waals surface area contributed by atoms with Gasteiger partial charge in [0.15, 0.2) is 0 Å². The minimum Gasteiger partial charge on any atom is -0.474 e. The molecule has 1 aliphatic carbocycles. The molecule has 17 heavy (non-hydrogen) atoms. The maximum Gasteiger partial charge on any atom is 0.218 e. The molecule has 0 radical (unpaired) electrons. The molecule has 0 aliphatic heterocycles. The average Bonchev–Trinajstić information content (AvgIpc) is 2.97. The van der Waals surface area contributed by atoms with E-state index in [0.717, 1.165) is 12.2 Å². The molecule has 0 saturated heterocycles. The second-order valence-electron chi connectivity index (χ2n) is 5.32. The van der Waals surface area contributed by atoms with Gasteiger partial charge < -0.3 is 10.5 Å². The minimum absolute atomic E-state index is 0.163. The van der Waals surface area contributed by atoms with Crippen LogP contribution in [0.15, 0.2) is 6.07 Å². The highest BCUT2D eigenvalue weighted by Crippen LogP contribution is 2.38. The molecule has 0 spiro atoms. The van der Waals surface area contributed by atoms with Gasteiger partial charge in [0.1, 0.15) is 11.6 Å². The van der Waals surface area contributed by atoms with Crippen LogP contribution in [0.3, 0.4) is 0 Å². The van der Waals surface area contributed by atoms with Crippen LogP contribution >= 0.6 is 0 Å². The molecule has 2 N–H and O–H groups in total. The summed E-state index contributed by atoms with van der Waals surface area (Å²) in [6.07, 6.45) is 3.52. The molecule has 1 heterocycles. The summed E-state index contributed by atoms with van der Waals surface area (Å²) in [5, 5.41) is 0. The summed E-state index contributed by atoms with van der Waals surface area (Å²) in [5.74, 6) is 3.09. The molecule has 0 amide bonds. The molecular formula is C13H21N3O. The molecular weight excluding hydrogens is 214 g/mol. The largest absolute Gasteiger partial charge is 0.474 e. The van der Waals surface area contributed by atoms with Crippen LogP contribution in [0.25, 0.3) is 0 Å². The first kappa shape index (κ1) is 12.1. The van der Waals surface area contributed by atoms with Gasteiger partial charge in [0.05, 0.1) is 6.10 Å². The number of rotatable bonds is 5. The van der Waals surface area contributed by atoms with Crippen LogP contribution in [0.2, 0.25) is 0 Å². The van der Waals surface area contributed by atoms with E-state index in [0.29, 0.717) is 23.5 Å². The lowest BCUT2D eigenvalue weighted by molar-refractivity contribution is 0.185. The predicted octanol–water partition coefficient (Wildman–Crippen LogP) is 2.75. The van der Waals surface area contributed by atoms with Crippen LogP contribution in [0.1, 0.15) is 51.8 Å². The van der Waals surface area contributed by atoms with Crippen LogP contribution in [-0.4, -0.2) is 16.1 Å². The first-order valence-electron chi connectivity index (χ1n) is 6.35.